The van der Waals surface area contributed by atoms with Crippen molar-refractivity contribution in [2.75, 3.05) is 0 Å². The number of fused-ring (bicyclic) bond motifs is 1. The molecule has 3 nitrogen and oxygen atoms in total. The summed E-state index contributed by atoms with van der Waals surface area (Å²) in [6, 6.07) is 7.61. The van der Waals surface area contributed by atoms with E-state index in [9.17, 15) is 9.59 Å². The van der Waals surface area contributed by atoms with Crippen LogP contribution in [0.1, 0.15) is 12.0 Å². The standard InChI is InChI=1S/C11H8BrNO2/c12-7-3-1-6(2-4-7)11-5-8(11)9(14)13-10(11)15/h1-4,8H,5H2,(H,13,14,15)/t8-,11?/m1/s1. The molecule has 1 saturated carbocycles. The molecule has 1 aromatic carbocycles. The Morgan fingerprint density at radius 1 is 1.27 bits per heavy atom. The van der Waals surface area contributed by atoms with Crippen molar-refractivity contribution in [3.8, 4) is 0 Å². The molecule has 3 rings (SSSR count). The summed E-state index contributed by atoms with van der Waals surface area (Å²) in [5.74, 6) is -0.395. The van der Waals surface area contributed by atoms with Crippen LogP contribution in [0.3, 0.4) is 0 Å². The first-order valence-electron chi connectivity index (χ1n) is 4.76. The summed E-state index contributed by atoms with van der Waals surface area (Å²) in [4.78, 5) is 23.0. The minimum absolute atomic E-state index is 0.122. The summed E-state index contributed by atoms with van der Waals surface area (Å²) in [7, 11) is 0. The van der Waals surface area contributed by atoms with Gasteiger partial charge in [-0.05, 0) is 24.1 Å². The van der Waals surface area contributed by atoms with E-state index < -0.39 is 5.41 Å². The lowest BCUT2D eigenvalue weighted by atomic mass is 9.94. The van der Waals surface area contributed by atoms with Crippen LogP contribution in [0.2, 0.25) is 0 Å². The van der Waals surface area contributed by atoms with E-state index in [2.05, 4.69) is 21.2 Å². The summed E-state index contributed by atoms with van der Waals surface area (Å²) in [6.07, 6.45) is 0.666. The predicted octanol–water partition coefficient (Wildman–Crippen LogP) is 1.36. The minimum Gasteiger partial charge on any atom is -0.295 e. The van der Waals surface area contributed by atoms with Crippen LogP contribution in [-0.2, 0) is 15.0 Å². The zero-order valence-corrected chi connectivity index (χ0v) is 9.37. The number of hydrogen-bond acceptors (Lipinski definition) is 2. The number of amides is 2. The van der Waals surface area contributed by atoms with Gasteiger partial charge in [-0.3, -0.25) is 14.9 Å². The van der Waals surface area contributed by atoms with E-state index in [-0.39, 0.29) is 17.7 Å². The smallest absolute Gasteiger partial charge is 0.238 e. The molecule has 4 heteroatoms. The van der Waals surface area contributed by atoms with E-state index in [4.69, 9.17) is 0 Å². The van der Waals surface area contributed by atoms with E-state index in [1.54, 1.807) is 0 Å². The Hall–Kier alpha value is -1.16. The van der Waals surface area contributed by atoms with E-state index >= 15 is 0 Å². The summed E-state index contributed by atoms with van der Waals surface area (Å²) in [5, 5.41) is 2.38. The van der Waals surface area contributed by atoms with Gasteiger partial charge in [-0.2, -0.15) is 0 Å². The number of hydrogen-bond donors (Lipinski definition) is 1. The van der Waals surface area contributed by atoms with E-state index in [1.165, 1.54) is 0 Å². The highest BCUT2D eigenvalue weighted by Crippen LogP contribution is 2.57. The summed E-state index contributed by atoms with van der Waals surface area (Å²) in [6.45, 7) is 0. The first kappa shape index (κ1) is 9.09. The van der Waals surface area contributed by atoms with Crippen LogP contribution >= 0.6 is 15.9 Å². The Labute approximate surface area is 95.0 Å². The maximum absolute atomic E-state index is 11.7. The number of carbonyl (C=O) groups excluding carboxylic acids is 2. The normalized spacial score (nSPS) is 32.5. The minimum atomic E-state index is -0.544. The number of halogens is 1. The highest BCUT2D eigenvalue weighted by atomic mass is 79.9. The number of piperidine rings is 1. The molecule has 1 heterocycles. The molecular weight excluding hydrogens is 258 g/mol. The van der Waals surface area contributed by atoms with Gasteiger partial charge in [0.25, 0.3) is 0 Å². The molecule has 2 aliphatic rings. The van der Waals surface area contributed by atoms with E-state index in [1.807, 2.05) is 24.3 Å². The topological polar surface area (TPSA) is 46.2 Å². The van der Waals surface area contributed by atoms with E-state index in [0.29, 0.717) is 6.42 Å². The Morgan fingerprint density at radius 3 is 2.40 bits per heavy atom. The van der Waals surface area contributed by atoms with Crippen LogP contribution in [0.5, 0.6) is 0 Å². The lowest BCUT2D eigenvalue weighted by Gasteiger charge is -2.09. The van der Waals surface area contributed by atoms with Crippen LogP contribution in [0.25, 0.3) is 0 Å². The van der Waals surface area contributed by atoms with Gasteiger partial charge in [-0.25, -0.2) is 0 Å². The second kappa shape index (κ2) is 2.70. The third-order valence-electron chi connectivity index (χ3n) is 3.28. The van der Waals surface area contributed by atoms with E-state index in [0.717, 1.165) is 10.0 Å². The molecule has 1 N–H and O–H groups in total. The number of carbonyl (C=O) groups is 2. The van der Waals surface area contributed by atoms with Crippen LogP contribution in [0, 0.1) is 5.92 Å². The van der Waals surface area contributed by atoms with Crippen molar-refractivity contribution in [2.45, 2.75) is 11.8 Å². The van der Waals surface area contributed by atoms with Gasteiger partial charge in [0.1, 0.15) is 0 Å². The van der Waals surface area contributed by atoms with Gasteiger partial charge >= 0.3 is 0 Å². The fourth-order valence-electron chi connectivity index (χ4n) is 2.34. The zero-order valence-electron chi connectivity index (χ0n) is 7.79. The zero-order chi connectivity index (χ0) is 10.6. The van der Waals surface area contributed by atoms with Crippen LogP contribution < -0.4 is 5.32 Å². The van der Waals surface area contributed by atoms with Crippen molar-refractivity contribution in [3.05, 3.63) is 34.3 Å². The summed E-state index contributed by atoms with van der Waals surface area (Å²) >= 11 is 3.34. The number of imide groups is 1. The predicted molar refractivity (Wildman–Crippen MR) is 57.1 cm³/mol. The monoisotopic (exact) mass is 265 g/mol. The van der Waals surface area contributed by atoms with Crippen LogP contribution in [0.4, 0.5) is 0 Å². The molecule has 1 unspecified atom stereocenters. The third-order valence-corrected chi connectivity index (χ3v) is 3.81. The van der Waals surface area contributed by atoms with Crippen molar-refractivity contribution in [1.29, 1.82) is 0 Å². The van der Waals surface area contributed by atoms with Gasteiger partial charge in [-0.15, -0.1) is 0 Å². The number of nitrogens with one attached hydrogen (secondary N) is 1. The molecule has 1 aliphatic carbocycles. The van der Waals surface area contributed by atoms with Crippen molar-refractivity contribution in [2.24, 2.45) is 5.92 Å². The van der Waals surface area contributed by atoms with Gasteiger partial charge in [0.15, 0.2) is 0 Å². The second-order valence-corrected chi connectivity index (χ2v) is 4.97. The molecule has 2 amide bonds. The van der Waals surface area contributed by atoms with Gasteiger partial charge < -0.3 is 0 Å². The fraction of sp³-hybridized carbons (Fsp3) is 0.273. The van der Waals surface area contributed by atoms with Crippen LogP contribution in [0.15, 0.2) is 28.7 Å². The fourth-order valence-corrected chi connectivity index (χ4v) is 2.60. The molecule has 0 radical (unpaired) electrons. The van der Waals surface area contributed by atoms with Gasteiger partial charge in [-0.1, -0.05) is 28.1 Å². The Balaban J connectivity index is 2.06. The summed E-state index contributed by atoms with van der Waals surface area (Å²) in [5.41, 5.74) is 0.400. The number of benzene rings is 1. The molecule has 0 aromatic heterocycles. The highest BCUT2D eigenvalue weighted by Gasteiger charge is 2.69. The average Bonchev–Trinajstić information content (AvgIpc) is 2.90. The first-order chi connectivity index (χ1) is 7.14. The molecular formula is C11H8BrNO2. The Morgan fingerprint density at radius 2 is 1.93 bits per heavy atom. The molecule has 1 aliphatic heterocycles. The van der Waals surface area contributed by atoms with Gasteiger partial charge in [0.2, 0.25) is 11.8 Å². The second-order valence-electron chi connectivity index (χ2n) is 4.05. The third kappa shape index (κ3) is 1.05. The quantitative estimate of drug-likeness (QED) is 0.780. The molecule has 76 valence electrons. The summed E-state index contributed by atoms with van der Waals surface area (Å²) < 4.78 is 0.976. The van der Waals surface area contributed by atoms with Gasteiger partial charge in [0, 0.05) is 4.47 Å². The molecule has 1 aromatic rings. The molecule has 2 atom stereocenters. The average molecular weight is 266 g/mol. The molecule has 15 heavy (non-hydrogen) atoms. The van der Waals surface area contributed by atoms with Gasteiger partial charge in [0.05, 0.1) is 11.3 Å². The maximum Gasteiger partial charge on any atom is 0.238 e. The van der Waals surface area contributed by atoms with Crippen molar-refractivity contribution < 1.29 is 9.59 Å². The lowest BCUT2D eigenvalue weighted by Crippen LogP contribution is -2.30. The Kier molecular flexibility index (Phi) is 1.63. The number of rotatable bonds is 1. The van der Waals surface area contributed by atoms with Crippen molar-refractivity contribution in [1.82, 2.24) is 5.32 Å². The Bertz CT molecular complexity index is 468. The SMILES string of the molecule is O=C1NC(=O)C2(c3ccc(Br)cc3)C[C@H]12. The van der Waals surface area contributed by atoms with Crippen molar-refractivity contribution >= 4 is 27.7 Å². The molecule has 2 fully saturated rings. The lowest BCUT2D eigenvalue weighted by molar-refractivity contribution is -0.127. The first-order valence-corrected chi connectivity index (χ1v) is 5.55. The molecule has 1 saturated heterocycles. The van der Waals surface area contributed by atoms with Crippen LogP contribution in [-0.4, -0.2) is 11.8 Å². The maximum atomic E-state index is 11.7. The van der Waals surface area contributed by atoms with Crippen molar-refractivity contribution in [3.63, 3.8) is 0 Å². The largest absolute Gasteiger partial charge is 0.295 e. The molecule has 0 bridgehead atoms. The molecule has 0 spiro atoms. The highest BCUT2D eigenvalue weighted by molar-refractivity contribution is 9.10.